The van der Waals surface area contributed by atoms with Crippen molar-refractivity contribution in [2.24, 2.45) is 0 Å². The van der Waals surface area contributed by atoms with E-state index < -0.39 is 32.5 Å². The van der Waals surface area contributed by atoms with Crippen LogP contribution in [0.5, 0.6) is 0 Å². The molecule has 0 radical (unpaired) electrons. The van der Waals surface area contributed by atoms with Gasteiger partial charge in [0.25, 0.3) is 10.0 Å². The maximum absolute atomic E-state index is 12.7. The van der Waals surface area contributed by atoms with Crippen molar-refractivity contribution in [3.63, 3.8) is 0 Å². The number of hydrogen-bond donors (Lipinski definition) is 2. The van der Waals surface area contributed by atoms with Gasteiger partial charge in [0, 0.05) is 10.7 Å². The van der Waals surface area contributed by atoms with Crippen molar-refractivity contribution in [2.75, 3.05) is 27.1 Å². The summed E-state index contributed by atoms with van der Waals surface area (Å²) in [5.74, 6) is -0.576. The number of halogens is 1. The average Bonchev–Trinajstić information content (AvgIpc) is 2.79. The zero-order chi connectivity index (χ0) is 27.6. The highest BCUT2D eigenvalue weighted by Crippen LogP contribution is 2.26. The van der Waals surface area contributed by atoms with Crippen LogP contribution in [0.4, 0.5) is 17.1 Å². The molecule has 0 aliphatic carbocycles. The number of hydrogen-bond acceptors (Lipinski definition) is 5. The predicted octanol–water partition coefficient (Wildman–Crippen LogP) is 5.15. The summed E-state index contributed by atoms with van der Waals surface area (Å²) in [5.41, 5.74) is 2.76. The molecule has 0 saturated heterocycles. The van der Waals surface area contributed by atoms with E-state index in [9.17, 15) is 21.6 Å². The van der Waals surface area contributed by atoms with Crippen LogP contribution in [0.15, 0.2) is 71.6 Å². The third kappa shape index (κ3) is 7.47. The SMILES string of the molecule is Cc1ccc(NS(=O)(=O)c2ccc(NC(=O)CN(c3ccc(C(C)(C)C)cc3)S(C)(=O)=O)cc2)cc1Cl. The minimum absolute atomic E-state index is 0.0149. The first-order valence-corrected chi connectivity index (χ1v) is 15.0. The molecule has 0 aliphatic rings. The summed E-state index contributed by atoms with van der Waals surface area (Å²) in [4.78, 5) is 12.7. The molecule has 0 atom stereocenters. The Hall–Kier alpha value is -3.08. The third-order valence-electron chi connectivity index (χ3n) is 5.58. The van der Waals surface area contributed by atoms with Crippen molar-refractivity contribution in [1.82, 2.24) is 0 Å². The first kappa shape index (κ1) is 28.5. The normalized spacial score (nSPS) is 12.2. The molecule has 198 valence electrons. The lowest BCUT2D eigenvalue weighted by Gasteiger charge is -2.24. The maximum Gasteiger partial charge on any atom is 0.261 e. The molecule has 8 nitrogen and oxygen atoms in total. The summed E-state index contributed by atoms with van der Waals surface area (Å²) in [7, 11) is -7.63. The molecule has 3 rings (SSSR count). The van der Waals surface area contributed by atoms with Gasteiger partial charge in [-0.1, -0.05) is 50.6 Å². The molecular weight excluding hydrogens is 534 g/mol. The third-order valence-corrected chi connectivity index (χ3v) is 8.53. The van der Waals surface area contributed by atoms with Gasteiger partial charge in [0.15, 0.2) is 0 Å². The molecule has 3 aromatic rings. The second-order valence-electron chi connectivity index (χ2n) is 9.71. The Bertz CT molecular complexity index is 1500. The van der Waals surface area contributed by atoms with E-state index in [2.05, 4.69) is 30.8 Å². The molecule has 0 unspecified atom stereocenters. The molecule has 0 saturated carbocycles. The van der Waals surface area contributed by atoms with E-state index in [1.807, 2.05) is 19.1 Å². The number of sulfonamides is 2. The number of rotatable bonds is 8. The molecule has 0 aliphatic heterocycles. The lowest BCUT2D eigenvalue weighted by molar-refractivity contribution is -0.114. The summed E-state index contributed by atoms with van der Waals surface area (Å²) >= 11 is 6.07. The summed E-state index contributed by atoms with van der Waals surface area (Å²) in [6.45, 7) is 7.52. The van der Waals surface area contributed by atoms with Gasteiger partial charge in [-0.3, -0.25) is 13.8 Å². The molecule has 1 amide bonds. The molecule has 0 heterocycles. The monoisotopic (exact) mass is 563 g/mol. The van der Waals surface area contributed by atoms with E-state index >= 15 is 0 Å². The number of anilines is 3. The Morgan fingerprint density at radius 2 is 1.46 bits per heavy atom. The number of nitrogens with zero attached hydrogens (tertiary/aromatic N) is 1. The Morgan fingerprint density at radius 3 is 1.97 bits per heavy atom. The Balaban J connectivity index is 1.71. The van der Waals surface area contributed by atoms with Crippen LogP contribution in [0.1, 0.15) is 31.9 Å². The van der Waals surface area contributed by atoms with Gasteiger partial charge in [0.1, 0.15) is 6.54 Å². The standard InChI is InChI=1S/C26H30ClN3O5S2/c1-18-6-9-21(16-24(18)27)29-37(34,35)23-14-10-20(11-15-23)28-25(31)17-30(36(5,32)33)22-12-7-19(8-13-22)26(2,3)4/h6-16,29H,17H2,1-5H3,(H,28,31). The molecule has 0 aromatic heterocycles. The lowest BCUT2D eigenvalue weighted by Crippen LogP contribution is -2.37. The first-order valence-electron chi connectivity index (χ1n) is 11.3. The second-order valence-corrected chi connectivity index (χ2v) is 13.7. The fraction of sp³-hybridized carbons (Fsp3) is 0.269. The Kier molecular flexibility index (Phi) is 8.26. The minimum Gasteiger partial charge on any atom is -0.325 e. The number of nitrogens with one attached hydrogen (secondary N) is 2. The quantitative estimate of drug-likeness (QED) is 0.393. The number of carbonyl (C=O) groups is 1. The number of aryl methyl sites for hydroxylation is 1. The van der Waals surface area contributed by atoms with Crippen LogP contribution in [0.2, 0.25) is 5.02 Å². The van der Waals surface area contributed by atoms with E-state index in [-0.39, 0.29) is 10.3 Å². The van der Waals surface area contributed by atoms with E-state index in [0.717, 1.165) is 21.7 Å². The van der Waals surface area contributed by atoms with Gasteiger partial charge < -0.3 is 5.32 Å². The molecule has 0 bridgehead atoms. The van der Waals surface area contributed by atoms with Crippen LogP contribution in [0, 0.1) is 6.92 Å². The van der Waals surface area contributed by atoms with E-state index in [4.69, 9.17) is 11.6 Å². The number of carbonyl (C=O) groups excluding carboxylic acids is 1. The van der Waals surface area contributed by atoms with E-state index in [0.29, 0.717) is 22.1 Å². The zero-order valence-corrected chi connectivity index (χ0v) is 23.6. The van der Waals surface area contributed by atoms with Crippen molar-refractivity contribution in [3.8, 4) is 0 Å². The molecule has 3 aromatic carbocycles. The first-order chi connectivity index (χ1) is 17.1. The Morgan fingerprint density at radius 1 is 0.892 bits per heavy atom. The zero-order valence-electron chi connectivity index (χ0n) is 21.2. The highest BCUT2D eigenvalue weighted by Gasteiger charge is 2.22. The van der Waals surface area contributed by atoms with Gasteiger partial charge in [-0.15, -0.1) is 0 Å². The largest absolute Gasteiger partial charge is 0.325 e. The highest BCUT2D eigenvalue weighted by atomic mass is 35.5. The fourth-order valence-electron chi connectivity index (χ4n) is 3.45. The van der Waals surface area contributed by atoms with Crippen LogP contribution < -0.4 is 14.3 Å². The van der Waals surface area contributed by atoms with Crippen LogP contribution in [-0.2, 0) is 30.3 Å². The highest BCUT2D eigenvalue weighted by molar-refractivity contribution is 7.92. The van der Waals surface area contributed by atoms with Crippen molar-refractivity contribution in [2.45, 2.75) is 38.0 Å². The van der Waals surface area contributed by atoms with Gasteiger partial charge >= 0.3 is 0 Å². The topological polar surface area (TPSA) is 113 Å². The number of benzene rings is 3. The summed E-state index contributed by atoms with van der Waals surface area (Å²) in [5, 5.41) is 3.05. The molecular formula is C26H30ClN3O5S2. The second kappa shape index (κ2) is 10.7. The molecule has 0 fully saturated rings. The molecule has 11 heteroatoms. The lowest BCUT2D eigenvalue weighted by atomic mass is 9.87. The van der Waals surface area contributed by atoms with Crippen molar-refractivity contribution >= 4 is 54.6 Å². The van der Waals surface area contributed by atoms with Gasteiger partial charge in [0.2, 0.25) is 15.9 Å². The molecule has 37 heavy (non-hydrogen) atoms. The van der Waals surface area contributed by atoms with Gasteiger partial charge in [0.05, 0.1) is 22.5 Å². The Labute approximate surface area is 223 Å². The van der Waals surface area contributed by atoms with Crippen molar-refractivity contribution in [3.05, 3.63) is 82.9 Å². The van der Waals surface area contributed by atoms with E-state index in [1.54, 1.807) is 24.3 Å². The van der Waals surface area contributed by atoms with Crippen LogP contribution in [0.3, 0.4) is 0 Å². The number of amides is 1. The van der Waals surface area contributed by atoms with Crippen LogP contribution in [0.25, 0.3) is 0 Å². The average molecular weight is 564 g/mol. The minimum atomic E-state index is -3.89. The smallest absolute Gasteiger partial charge is 0.261 e. The maximum atomic E-state index is 12.7. The van der Waals surface area contributed by atoms with Crippen molar-refractivity contribution < 1.29 is 21.6 Å². The molecule has 2 N–H and O–H groups in total. The summed E-state index contributed by atoms with van der Waals surface area (Å²) < 4.78 is 53.7. The van der Waals surface area contributed by atoms with Crippen LogP contribution in [-0.4, -0.2) is 35.5 Å². The van der Waals surface area contributed by atoms with E-state index in [1.165, 1.54) is 30.3 Å². The summed E-state index contributed by atoms with van der Waals surface area (Å²) in [6.07, 6.45) is 1.03. The summed E-state index contributed by atoms with van der Waals surface area (Å²) in [6, 6.07) is 17.4. The van der Waals surface area contributed by atoms with Gasteiger partial charge in [-0.05, 0) is 72.0 Å². The predicted molar refractivity (Wildman–Crippen MR) is 149 cm³/mol. The molecule has 0 spiro atoms. The fourth-order valence-corrected chi connectivity index (χ4v) is 5.53. The van der Waals surface area contributed by atoms with Gasteiger partial charge in [-0.2, -0.15) is 0 Å². The van der Waals surface area contributed by atoms with Crippen LogP contribution >= 0.6 is 11.6 Å². The van der Waals surface area contributed by atoms with Gasteiger partial charge in [-0.25, -0.2) is 16.8 Å². The van der Waals surface area contributed by atoms with Crippen molar-refractivity contribution in [1.29, 1.82) is 0 Å².